The number of carbonyl (C=O) groups excluding carboxylic acids is 3. The van der Waals surface area contributed by atoms with E-state index in [0.717, 1.165) is 0 Å². The van der Waals surface area contributed by atoms with Gasteiger partial charge in [0, 0.05) is 39.9 Å². The summed E-state index contributed by atoms with van der Waals surface area (Å²) in [7, 11) is 0. The lowest BCUT2D eigenvalue weighted by atomic mass is 10.1. The van der Waals surface area contributed by atoms with Crippen molar-refractivity contribution in [1.29, 1.82) is 0 Å². The van der Waals surface area contributed by atoms with Crippen LogP contribution in [0.15, 0.2) is 66.7 Å². The SMILES string of the molecule is O=C(NCCNC(=O)c1ccccc1F)c1ccc(NC(=O)c2cc(Cl)cc(Cl)c2)cc1. The molecule has 3 N–H and O–H groups in total. The van der Waals surface area contributed by atoms with Crippen LogP contribution in [0.25, 0.3) is 0 Å². The number of anilines is 1. The molecule has 0 atom stereocenters. The zero-order valence-electron chi connectivity index (χ0n) is 16.6. The molecule has 3 aromatic carbocycles. The van der Waals surface area contributed by atoms with Crippen LogP contribution in [0.4, 0.5) is 10.1 Å². The molecule has 0 aliphatic heterocycles. The Morgan fingerprint density at radius 1 is 0.719 bits per heavy atom. The third-order valence-electron chi connectivity index (χ3n) is 4.34. The molecule has 0 spiro atoms. The molecule has 3 amide bonds. The van der Waals surface area contributed by atoms with Crippen molar-refractivity contribution in [3.63, 3.8) is 0 Å². The number of rotatable bonds is 7. The number of hydrogen-bond acceptors (Lipinski definition) is 3. The van der Waals surface area contributed by atoms with Crippen molar-refractivity contribution in [3.05, 3.63) is 99.3 Å². The van der Waals surface area contributed by atoms with E-state index in [-0.39, 0.29) is 24.6 Å². The van der Waals surface area contributed by atoms with Crippen LogP contribution in [0, 0.1) is 5.82 Å². The molecule has 0 saturated heterocycles. The normalized spacial score (nSPS) is 10.3. The van der Waals surface area contributed by atoms with Crippen LogP contribution in [0.5, 0.6) is 0 Å². The number of halogens is 3. The minimum Gasteiger partial charge on any atom is -0.350 e. The van der Waals surface area contributed by atoms with Crippen LogP contribution in [-0.2, 0) is 0 Å². The molecule has 0 saturated carbocycles. The Labute approximate surface area is 193 Å². The molecule has 6 nitrogen and oxygen atoms in total. The summed E-state index contributed by atoms with van der Waals surface area (Å²) >= 11 is 11.8. The molecule has 3 aromatic rings. The molecule has 0 radical (unpaired) electrons. The van der Waals surface area contributed by atoms with Crippen LogP contribution in [0.3, 0.4) is 0 Å². The van der Waals surface area contributed by atoms with Gasteiger partial charge >= 0.3 is 0 Å². The fraction of sp³-hybridized carbons (Fsp3) is 0.0870. The molecule has 0 bridgehead atoms. The standard InChI is InChI=1S/C23H18Cl2FN3O3/c24-16-11-15(12-17(25)13-16)22(31)29-18-7-5-14(6-8-18)21(30)27-9-10-28-23(32)19-3-1-2-4-20(19)26/h1-8,11-13H,9-10H2,(H,27,30)(H,28,32)(H,29,31). The van der Waals surface area contributed by atoms with E-state index < -0.39 is 17.6 Å². The zero-order chi connectivity index (χ0) is 23.1. The highest BCUT2D eigenvalue weighted by atomic mass is 35.5. The Balaban J connectivity index is 1.48. The van der Waals surface area contributed by atoms with Gasteiger partial charge in [-0.05, 0) is 54.6 Å². The van der Waals surface area contributed by atoms with E-state index in [4.69, 9.17) is 23.2 Å². The van der Waals surface area contributed by atoms with E-state index in [1.165, 1.54) is 36.4 Å². The van der Waals surface area contributed by atoms with Crippen LogP contribution >= 0.6 is 23.2 Å². The van der Waals surface area contributed by atoms with Crippen molar-refractivity contribution in [1.82, 2.24) is 10.6 Å². The molecule has 0 aliphatic carbocycles. The monoisotopic (exact) mass is 473 g/mol. The molecule has 3 rings (SSSR count). The summed E-state index contributed by atoms with van der Waals surface area (Å²) < 4.78 is 13.6. The summed E-state index contributed by atoms with van der Waals surface area (Å²) in [6.07, 6.45) is 0. The van der Waals surface area contributed by atoms with E-state index >= 15 is 0 Å². The van der Waals surface area contributed by atoms with E-state index in [0.29, 0.717) is 26.9 Å². The average Bonchev–Trinajstić information content (AvgIpc) is 2.76. The third-order valence-corrected chi connectivity index (χ3v) is 4.78. The Morgan fingerprint density at radius 3 is 1.94 bits per heavy atom. The number of nitrogens with one attached hydrogen (secondary N) is 3. The zero-order valence-corrected chi connectivity index (χ0v) is 18.1. The largest absolute Gasteiger partial charge is 0.350 e. The van der Waals surface area contributed by atoms with Gasteiger partial charge in [0.1, 0.15) is 5.82 Å². The number of hydrogen-bond donors (Lipinski definition) is 3. The van der Waals surface area contributed by atoms with Gasteiger partial charge in [-0.3, -0.25) is 14.4 Å². The quantitative estimate of drug-likeness (QED) is 0.440. The van der Waals surface area contributed by atoms with Crippen LogP contribution in [-0.4, -0.2) is 30.8 Å². The predicted molar refractivity (Wildman–Crippen MR) is 122 cm³/mol. The lowest BCUT2D eigenvalue weighted by molar-refractivity contribution is 0.0925. The first-order valence-electron chi connectivity index (χ1n) is 9.52. The topological polar surface area (TPSA) is 87.3 Å². The highest BCUT2D eigenvalue weighted by Gasteiger charge is 2.11. The number of benzene rings is 3. The molecule has 9 heteroatoms. The second-order valence-electron chi connectivity index (χ2n) is 6.68. The Hall–Kier alpha value is -3.42. The molecule has 0 fully saturated rings. The Kier molecular flexibility index (Phi) is 7.81. The number of amides is 3. The van der Waals surface area contributed by atoms with Crippen LogP contribution in [0.2, 0.25) is 10.0 Å². The van der Waals surface area contributed by atoms with Gasteiger partial charge in [0.25, 0.3) is 17.7 Å². The minimum absolute atomic E-state index is 0.0588. The minimum atomic E-state index is -0.611. The van der Waals surface area contributed by atoms with Crippen molar-refractivity contribution in [2.45, 2.75) is 0 Å². The molecular formula is C23H18Cl2FN3O3. The lowest BCUT2D eigenvalue weighted by Gasteiger charge is -2.09. The van der Waals surface area contributed by atoms with Crippen LogP contribution < -0.4 is 16.0 Å². The summed E-state index contributed by atoms with van der Waals surface area (Å²) in [6, 6.07) is 16.4. The Bertz CT molecular complexity index is 1130. The van der Waals surface area contributed by atoms with E-state index in [1.54, 1.807) is 30.3 Å². The molecule has 0 aromatic heterocycles. The van der Waals surface area contributed by atoms with Crippen molar-refractivity contribution >= 4 is 46.6 Å². The smallest absolute Gasteiger partial charge is 0.255 e. The summed E-state index contributed by atoms with van der Waals surface area (Å²) in [5.41, 5.74) is 1.10. The van der Waals surface area contributed by atoms with E-state index in [1.807, 2.05) is 0 Å². The van der Waals surface area contributed by atoms with E-state index in [2.05, 4.69) is 16.0 Å². The maximum atomic E-state index is 13.6. The third kappa shape index (κ3) is 6.29. The van der Waals surface area contributed by atoms with Gasteiger partial charge in [-0.2, -0.15) is 0 Å². The van der Waals surface area contributed by atoms with Crippen molar-refractivity contribution in [2.75, 3.05) is 18.4 Å². The fourth-order valence-corrected chi connectivity index (χ4v) is 3.31. The van der Waals surface area contributed by atoms with Gasteiger partial charge in [-0.1, -0.05) is 35.3 Å². The van der Waals surface area contributed by atoms with Gasteiger partial charge in [0.2, 0.25) is 0 Å². The molecule has 0 aliphatic rings. The second kappa shape index (κ2) is 10.7. The second-order valence-corrected chi connectivity index (χ2v) is 7.55. The van der Waals surface area contributed by atoms with Gasteiger partial charge < -0.3 is 16.0 Å². The number of carbonyl (C=O) groups is 3. The predicted octanol–water partition coefficient (Wildman–Crippen LogP) is 4.54. The first-order valence-corrected chi connectivity index (χ1v) is 10.3. The summed E-state index contributed by atoms with van der Waals surface area (Å²) in [5.74, 6) is -1.92. The van der Waals surface area contributed by atoms with Gasteiger partial charge in [-0.15, -0.1) is 0 Å². The van der Waals surface area contributed by atoms with Crippen molar-refractivity contribution in [2.24, 2.45) is 0 Å². The highest BCUT2D eigenvalue weighted by Crippen LogP contribution is 2.20. The average molecular weight is 474 g/mol. The highest BCUT2D eigenvalue weighted by molar-refractivity contribution is 6.35. The first-order chi connectivity index (χ1) is 15.3. The molecule has 0 unspecified atom stereocenters. The van der Waals surface area contributed by atoms with Gasteiger partial charge in [0.15, 0.2) is 0 Å². The maximum Gasteiger partial charge on any atom is 0.255 e. The van der Waals surface area contributed by atoms with Crippen molar-refractivity contribution in [3.8, 4) is 0 Å². The molecule has 164 valence electrons. The fourth-order valence-electron chi connectivity index (χ4n) is 2.79. The van der Waals surface area contributed by atoms with Gasteiger partial charge in [0.05, 0.1) is 5.56 Å². The molecule has 0 heterocycles. The maximum absolute atomic E-state index is 13.6. The lowest BCUT2D eigenvalue weighted by Crippen LogP contribution is -2.35. The molecular weight excluding hydrogens is 456 g/mol. The first kappa shape index (κ1) is 23.2. The summed E-state index contributed by atoms with van der Waals surface area (Å²) in [6.45, 7) is 0.294. The van der Waals surface area contributed by atoms with E-state index in [9.17, 15) is 18.8 Å². The summed E-state index contributed by atoms with van der Waals surface area (Å²) in [5, 5.41) is 8.59. The van der Waals surface area contributed by atoms with Gasteiger partial charge in [-0.25, -0.2) is 4.39 Å². The summed E-state index contributed by atoms with van der Waals surface area (Å²) in [4.78, 5) is 36.5. The van der Waals surface area contributed by atoms with Crippen molar-refractivity contribution < 1.29 is 18.8 Å². The Morgan fingerprint density at radius 2 is 1.31 bits per heavy atom. The molecule has 32 heavy (non-hydrogen) atoms. The van der Waals surface area contributed by atoms with Crippen LogP contribution in [0.1, 0.15) is 31.1 Å².